The molecule has 12 unspecified atom stereocenters. The highest BCUT2D eigenvalue weighted by atomic mass is 35.5. The predicted molar refractivity (Wildman–Crippen MR) is 458 cm³/mol. The van der Waals surface area contributed by atoms with Crippen LogP contribution in [-0.2, 0) is 0 Å². The van der Waals surface area contributed by atoms with E-state index in [0.717, 1.165) is 134 Å². The number of rotatable bonds is 16. The van der Waals surface area contributed by atoms with E-state index >= 15 is 0 Å². The van der Waals surface area contributed by atoms with Crippen LogP contribution in [0.15, 0.2) is 105 Å². The number of aromatic nitrogens is 9. The number of carbonyl (C=O) groups excluding carboxylic acids is 6. The average molecular weight is 1700 g/mol. The zero-order chi connectivity index (χ0) is 86.8. The van der Waals surface area contributed by atoms with E-state index in [-0.39, 0.29) is 53.4 Å². The number of methoxy groups -OCH3 is 4. The summed E-state index contributed by atoms with van der Waals surface area (Å²) in [5.41, 5.74) is 4.81. The number of carbonyl (C=O) groups is 6. The van der Waals surface area contributed by atoms with Gasteiger partial charge in [-0.15, -0.1) is 0 Å². The van der Waals surface area contributed by atoms with Crippen molar-refractivity contribution in [2.24, 2.45) is 0 Å². The molecule has 14 aliphatic heterocycles. The van der Waals surface area contributed by atoms with Gasteiger partial charge in [0.2, 0.25) is 23.5 Å². The summed E-state index contributed by atoms with van der Waals surface area (Å²) in [6.07, 6.45) is 22.2. The summed E-state index contributed by atoms with van der Waals surface area (Å²) < 4.78 is 33.5. The van der Waals surface area contributed by atoms with Crippen molar-refractivity contribution in [1.82, 2.24) is 104 Å². The molecule has 0 radical (unpaired) electrons. The number of piperazine rings is 6. The lowest BCUT2D eigenvalue weighted by molar-refractivity contribution is -0.0568. The molecule has 1 aromatic carbocycles. The Bertz CT molecular complexity index is 4580. The van der Waals surface area contributed by atoms with E-state index in [0.29, 0.717) is 147 Å². The number of hydrogen-bond acceptors (Lipinski definition) is 25. The largest absolute Gasteiger partial charge is 0.481 e. The van der Waals surface area contributed by atoms with E-state index in [2.05, 4.69) is 162 Å². The first-order valence-corrected chi connectivity index (χ1v) is 43.5. The first-order valence-electron chi connectivity index (χ1n) is 43.1. The molecule has 12 atom stereocenters. The van der Waals surface area contributed by atoms with E-state index < -0.39 is 5.82 Å². The number of likely N-dealkylation sites (tertiary alicyclic amines) is 8. The smallest absolute Gasteiger partial charge is 0.274 e. The fourth-order valence-electron chi connectivity index (χ4n) is 19.3. The minimum atomic E-state index is -0.599. The summed E-state index contributed by atoms with van der Waals surface area (Å²) in [7, 11) is 5.97. The van der Waals surface area contributed by atoms with Gasteiger partial charge in [-0.25, -0.2) is 39.3 Å². The van der Waals surface area contributed by atoms with E-state index in [1.807, 2.05) is 42.7 Å². The van der Waals surface area contributed by atoms with Crippen molar-refractivity contribution >= 4 is 58.1 Å². The molecule has 0 N–H and O–H groups in total. The Morgan fingerprint density at radius 1 is 0.328 bits per heavy atom. The third-order valence-electron chi connectivity index (χ3n) is 26.4. The number of benzene rings is 1. The molecule has 14 aliphatic rings. The summed E-state index contributed by atoms with van der Waals surface area (Å²) in [4.78, 5) is 139. The van der Waals surface area contributed by atoms with E-state index in [9.17, 15) is 33.2 Å². The normalized spacial score (nSPS) is 25.4. The Hall–Kier alpha value is -9.83. The summed E-state index contributed by atoms with van der Waals surface area (Å²) in [6, 6.07) is 19.2. The van der Waals surface area contributed by atoms with Crippen LogP contribution in [-0.4, -0.2) is 355 Å². The maximum Gasteiger partial charge on any atom is 0.274 e. The lowest BCUT2D eigenvalue weighted by atomic mass is 9.86. The molecule has 0 saturated carbocycles. The second-order valence-corrected chi connectivity index (χ2v) is 36.1. The molecule has 122 heavy (non-hydrogen) atoms. The maximum absolute atomic E-state index is 13.7. The molecule has 33 heteroatoms. The predicted octanol–water partition coefficient (Wildman–Crippen LogP) is 8.50. The average Bonchev–Trinajstić information content (AvgIpc) is 0.768. The molecule has 7 aromatic rings. The van der Waals surface area contributed by atoms with Gasteiger partial charge < -0.3 is 48.3 Å². The van der Waals surface area contributed by atoms with Crippen LogP contribution in [0, 0.1) is 5.82 Å². The van der Waals surface area contributed by atoms with E-state index in [4.69, 9.17) is 30.5 Å². The fourth-order valence-corrected chi connectivity index (χ4v) is 19.5. The first kappa shape index (κ1) is 88.5. The second-order valence-electron chi connectivity index (χ2n) is 35.7. The molecule has 6 amide bonds. The van der Waals surface area contributed by atoms with Gasteiger partial charge in [-0.2, -0.15) is 0 Å². The van der Waals surface area contributed by atoms with Crippen LogP contribution < -0.4 is 18.9 Å². The topological polar surface area (TPSA) is 294 Å². The number of pyridine rings is 3. The third kappa shape index (κ3) is 18.8. The highest BCUT2D eigenvalue weighted by Crippen LogP contribution is 2.41. The fraction of sp³-hybridized carbons (Fsp3) is 0.584. The Morgan fingerprint density at radius 3 is 0.992 bits per heavy atom. The van der Waals surface area contributed by atoms with Crippen molar-refractivity contribution < 1.29 is 52.1 Å². The zero-order valence-corrected chi connectivity index (χ0v) is 73.9. The third-order valence-corrected chi connectivity index (χ3v) is 26.7. The van der Waals surface area contributed by atoms with Crippen molar-refractivity contribution in [3.05, 3.63) is 149 Å². The molecule has 0 aliphatic carbocycles. The lowest BCUT2D eigenvalue weighted by Crippen LogP contribution is -2.70. The van der Waals surface area contributed by atoms with Crippen LogP contribution in [0.2, 0.25) is 5.02 Å². The number of hydrogen-bond donors (Lipinski definition) is 0. The van der Waals surface area contributed by atoms with Crippen molar-refractivity contribution in [1.29, 1.82) is 0 Å². The number of nitrogens with zero attached hydrogens (tertiary/aromatic N) is 21. The van der Waals surface area contributed by atoms with Crippen LogP contribution in [0.5, 0.6) is 23.5 Å². The van der Waals surface area contributed by atoms with Gasteiger partial charge in [-0.3, -0.25) is 68.1 Å². The molecule has 6 aromatic heterocycles. The minimum absolute atomic E-state index is 0.00944. The van der Waals surface area contributed by atoms with Crippen LogP contribution in [0.3, 0.4) is 0 Å². The summed E-state index contributed by atoms with van der Waals surface area (Å²) in [5, 5.41) is 0.373. The highest BCUT2D eigenvalue weighted by Gasteiger charge is 2.54. The van der Waals surface area contributed by atoms with E-state index in [1.165, 1.54) is 52.3 Å². The van der Waals surface area contributed by atoms with Gasteiger partial charge in [0.05, 0.1) is 74.1 Å². The standard InChI is InChI=1S/C17H20N4O.C15H20ClN3O2.C15H20FN3O2.C15H21N3O2.C14H20N4O2.C13H18N4O/c1-11(2)20-9-13-8-14(10-20)21(13)17(22)12-3-4-15-16(7-12)19-6-5-18-15;2*1-9(2)18-7-11-5-12(8-18)19(11)15(20)10-4-13(16)14(21-3)17-6-10;1-10(2)17-8-12-6-13(9-17)18(12)15(19)11-4-5-14(20-3)16-7-11;1-9(2)17-7-10-4-11(8-17)18(10)14(19)12-5-16-13(20-3)6-15-12;1-9(2)16-6-11-3-12(7-16)17(11)13(18)10-4-14-8-15-5-10/h3-7,11,13-14H,8-10H2,1-2H3;2*4,6,9,11-12H,5,7-8H2,1-3H3;4-5,7,10,12-13H,6,8-9H2,1-3H3;5-6,9-11H,4,7-8H2,1-3H3;4-5,8-9,11-12H,3,6-7H2,1-2H3. The lowest BCUT2D eigenvalue weighted by Gasteiger charge is -2.57. The van der Waals surface area contributed by atoms with Gasteiger partial charge in [0.25, 0.3) is 35.4 Å². The summed E-state index contributed by atoms with van der Waals surface area (Å²) >= 11 is 6.06. The number of halogens is 2. The monoisotopic (exact) mass is 1700 g/mol. The Kier molecular flexibility index (Phi) is 27.6. The molecule has 654 valence electrons. The first-order chi connectivity index (χ1) is 58.5. The van der Waals surface area contributed by atoms with Crippen molar-refractivity contribution in [3.63, 3.8) is 0 Å². The molecular formula is C89H119ClFN21O10. The Labute approximate surface area is 720 Å². The molecule has 21 rings (SSSR count). The minimum Gasteiger partial charge on any atom is -0.481 e. The van der Waals surface area contributed by atoms with Gasteiger partial charge in [-0.1, -0.05) is 11.6 Å². The number of piperidine rings is 6. The van der Waals surface area contributed by atoms with Gasteiger partial charge >= 0.3 is 0 Å². The summed E-state index contributed by atoms with van der Waals surface area (Å²) in [5.74, 6) is 0.840. The van der Waals surface area contributed by atoms with Gasteiger partial charge in [0, 0.05) is 242 Å². The van der Waals surface area contributed by atoms with Gasteiger partial charge in [0.15, 0.2) is 5.82 Å². The molecule has 0 spiro atoms. The van der Waals surface area contributed by atoms with Crippen molar-refractivity contribution in [2.45, 2.75) is 230 Å². The molecule has 20 heterocycles. The number of amides is 6. The Balaban J connectivity index is 0.000000120. The van der Waals surface area contributed by atoms with Crippen LogP contribution in [0.1, 0.15) is 184 Å². The number of ether oxygens (including phenoxy) is 4. The van der Waals surface area contributed by atoms with Crippen LogP contribution >= 0.6 is 11.6 Å². The van der Waals surface area contributed by atoms with Gasteiger partial charge in [0.1, 0.15) is 17.0 Å². The zero-order valence-electron chi connectivity index (χ0n) is 73.2. The van der Waals surface area contributed by atoms with Crippen LogP contribution in [0.25, 0.3) is 11.0 Å². The molecule has 12 bridgehead atoms. The molecular weight excluding hydrogens is 1580 g/mol. The SMILES string of the molecule is CC(C)N1CC2CC(C1)N2C(=O)c1ccc2nccnc2c1.CC(C)N1CC2CC(C1)N2C(=O)c1cncnc1.COc1ccc(C(=O)N2C3CC2CN(C(C)C)C3)cn1.COc1cnc(C(=O)N2C3CC2CN(C(C)C)C3)cn1.COc1ncc(C(=O)N2C3CC2CN(C(C)C)C3)cc1Cl.COc1ncc(C(=O)N2C3CC2CN(C(C)C)C3)cc1F. The van der Waals surface area contributed by atoms with Crippen molar-refractivity contribution in [2.75, 3.05) is 107 Å². The van der Waals surface area contributed by atoms with Crippen LogP contribution in [0.4, 0.5) is 4.39 Å². The maximum atomic E-state index is 13.7. The van der Waals surface area contributed by atoms with Gasteiger partial charge in [-0.05, 0) is 158 Å². The molecule has 31 nitrogen and oxygen atoms in total. The molecule has 14 saturated heterocycles. The highest BCUT2D eigenvalue weighted by molar-refractivity contribution is 6.32. The second kappa shape index (κ2) is 38.1. The Morgan fingerprint density at radius 2 is 0.656 bits per heavy atom. The van der Waals surface area contributed by atoms with Crippen molar-refractivity contribution in [3.8, 4) is 23.5 Å². The van der Waals surface area contributed by atoms with E-state index in [1.54, 1.807) is 62.5 Å². The quantitative estimate of drug-likeness (QED) is 0.0875. The number of fused-ring (bicyclic) bond motifs is 13. The molecule has 14 fully saturated rings. The summed E-state index contributed by atoms with van der Waals surface area (Å²) in [6.45, 7) is 38.0.